The zero-order valence-electron chi connectivity index (χ0n) is 8.23. The lowest BCUT2D eigenvalue weighted by molar-refractivity contribution is -0.157. The second-order valence-corrected chi connectivity index (χ2v) is 4.44. The van der Waals surface area contributed by atoms with Gasteiger partial charge in [-0.15, -0.1) is 0 Å². The Kier molecular flexibility index (Phi) is 1.46. The van der Waals surface area contributed by atoms with Crippen molar-refractivity contribution >= 4 is 6.09 Å². The summed E-state index contributed by atoms with van der Waals surface area (Å²) in [6, 6.07) is 0.0503. The number of carbonyl (C=O) groups is 1. The zero-order valence-corrected chi connectivity index (χ0v) is 8.23. The topological polar surface area (TPSA) is 48.0 Å². The van der Waals surface area contributed by atoms with E-state index in [-0.39, 0.29) is 24.3 Å². The van der Waals surface area contributed by atoms with Crippen LogP contribution in [0, 0.1) is 0 Å². The van der Waals surface area contributed by atoms with E-state index in [1.54, 1.807) is 4.90 Å². The zero-order chi connectivity index (χ0) is 9.92. The van der Waals surface area contributed by atoms with Crippen LogP contribution in [0.2, 0.25) is 0 Å². The average molecular weight is 199 g/mol. The minimum Gasteiger partial charge on any atom is -0.447 e. The van der Waals surface area contributed by atoms with Crippen LogP contribution < -0.4 is 0 Å². The van der Waals surface area contributed by atoms with E-state index in [9.17, 15) is 4.79 Å². The Labute approximate surface area is 81.9 Å². The van der Waals surface area contributed by atoms with Gasteiger partial charge >= 0.3 is 6.09 Å². The third-order valence-corrected chi connectivity index (χ3v) is 2.99. The largest absolute Gasteiger partial charge is 0.447 e. The highest BCUT2D eigenvalue weighted by atomic mass is 16.8. The number of amides is 1. The molecule has 0 aromatic heterocycles. The normalized spacial score (nSPS) is 43.7. The molecule has 0 radical (unpaired) electrons. The van der Waals surface area contributed by atoms with Crippen molar-refractivity contribution in [3.63, 3.8) is 0 Å². The molecule has 0 spiro atoms. The molecule has 0 bridgehead atoms. The molecule has 3 aliphatic rings. The first-order valence-corrected chi connectivity index (χ1v) is 4.86. The van der Waals surface area contributed by atoms with Gasteiger partial charge in [0.25, 0.3) is 0 Å². The second-order valence-electron chi connectivity index (χ2n) is 4.44. The van der Waals surface area contributed by atoms with Crippen LogP contribution in [0.1, 0.15) is 13.8 Å². The molecule has 3 rings (SSSR count). The summed E-state index contributed by atoms with van der Waals surface area (Å²) in [6.07, 6.45) is -0.242. The summed E-state index contributed by atoms with van der Waals surface area (Å²) in [6.45, 7) is 4.82. The van der Waals surface area contributed by atoms with Gasteiger partial charge in [-0.2, -0.15) is 0 Å². The minimum absolute atomic E-state index is 0.0165. The van der Waals surface area contributed by atoms with Crippen molar-refractivity contribution in [2.24, 2.45) is 0 Å². The van der Waals surface area contributed by atoms with Crippen molar-refractivity contribution in [1.29, 1.82) is 0 Å². The summed E-state index contributed by atoms with van der Waals surface area (Å²) < 4.78 is 16.4. The molecule has 0 saturated carbocycles. The highest BCUT2D eigenvalue weighted by Gasteiger charge is 2.56. The lowest BCUT2D eigenvalue weighted by Crippen LogP contribution is -2.36. The molecule has 0 aromatic carbocycles. The van der Waals surface area contributed by atoms with Crippen molar-refractivity contribution in [3.05, 3.63) is 0 Å². The second kappa shape index (κ2) is 2.41. The average Bonchev–Trinajstić information content (AvgIpc) is 2.63. The van der Waals surface area contributed by atoms with Crippen LogP contribution in [-0.2, 0) is 14.2 Å². The van der Waals surface area contributed by atoms with Gasteiger partial charge < -0.3 is 14.2 Å². The Morgan fingerprint density at radius 3 is 3.00 bits per heavy atom. The summed E-state index contributed by atoms with van der Waals surface area (Å²) >= 11 is 0. The van der Waals surface area contributed by atoms with Crippen LogP contribution in [0.4, 0.5) is 4.79 Å². The maximum Gasteiger partial charge on any atom is 0.410 e. The van der Waals surface area contributed by atoms with E-state index in [2.05, 4.69) is 0 Å². The maximum atomic E-state index is 11.2. The molecule has 3 aliphatic heterocycles. The summed E-state index contributed by atoms with van der Waals surface area (Å²) in [7, 11) is 0. The molecule has 5 heteroatoms. The molecule has 0 aromatic rings. The lowest BCUT2D eigenvalue weighted by Gasteiger charge is -2.22. The number of cyclic esters (lactones) is 1. The van der Waals surface area contributed by atoms with Crippen LogP contribution in [0.3, 0.4) is 0 Å². The fraction of sp³-hybridized carbons (Fsp3) is 0.889. The number of nitrogens with zero attached hydrogens (tertiary/aromatic N) is 1. The number of hydrogen-bond acceptors (Lipinski definition) is 4. The van der Waals surface area contributed by atoms with Crippen molar-refractivity contribution in [3.8, 4) is 0 Å². The van der Waals surface area contributed by atoms with Gasteiger partial charge in [0.2, 0.25) is 0 Å². The predicted molar refractivity (Wildman–Crippen MR) is 45.7 cm³/mol. The standard InChI is InChI=1S/C9H13NO4/c1-9(2)13-6-3-10-5(7(6)14-9)4-12-8(10)11/h5-7H,3-4H2,1-2H3/t5-,6+,7-/m0/s1. The molecule has 5 nitrogen and oxygen atoms in total. The molecule has 3 fully saturated rings. The molecular formula is C9H13NO4. The SMILES string of the molecule is CC1(C)O[C@@H]2[C@@H](CN3C(=O)OC[C@@H]23)O1. The van der Waals surface area contributed by atoms with E-state index in [0.29, 0.717) is 13.2 Å². The van der Waals surface area contributed by atoms with Crippen LogP contribution in [0.25, 0.3) is 0 Å². The van der Waals surface area contributed by atoms with Gasteiger partial charge in [0.1, 0.15) is 18.8 Å². The third-order valence-electron chi connectivity index (χ3n) is 2.99. The van der Waals surface area contributed by atoms with E-state index in [1.165, 1.54) is 0 Å². The number of hydrogen-bond donors (Lipinski definition) is 0. The van der Waals surface area contributed by atoms with Gasteiger partial charge in [0.15, 0.2) is 5.79 Å². The highest BCUT2D eigenvalue weighted by Crippen LogP contribution is 2.38. The fourth-order valence-electron chi connectivity index (χ4n) is 2.47. The van der Waals surface area contributed by atoms with Gasteiger partial charge in [0, 0.05) is 0 Å². The third kappa shape index (κ3) is 0.994. The molecular weight excluding hydrogens is 186 g/mol. The van der Waals surface area contributed by atoms with Gasteiger partial charge in [-0.25, -0.2) is 4.79 Å². The van der Waals surface area contributed by atoms with Gasteiger partial charge in [-0.1, -0.05) is 0 Å². The molecule has 78 valence electrons. The monoisotopic (exact) mass is 199 g/mol. The number of carbonyl (C=O) groups excluding carboxylic acids is 1. The van der Waals surface area contributed by atoms with Crippen molar-refractivity contribution < 1.29 is 19.0 Å². The molecule has 0 N–H and O–H groups in total. The summed E-state index contributed by atoms with van der Waals surface area (Å²) in [4.78, 5) is 12.9. The van der Waals surface area contributed by atoms with Crippen LogP contribution >= 0.6 is 0 Å². The first-order valence-electron chi connectivity index (χ1n) is 4.86. The lowest BCUT2D eigenvalue weighted by atomic mass is 10.1. The van der Waals surface area contributed by atoms with Gasteiger partial charge in [0.05, 0.1) is 12.6 Å². The van der Waals surface area contributed by atoms with E-state index in [0.717, 1.165) is 0 Å². The quantitative estimate of drug-likeness (QED) is 0.564. The Balaban J connectivity index is 1.83. The Morgan fingerprint density at radius 2 is 2.21 bits per heavy atom. The molecule has 3 saturated heterocycles. The van der Waals surface area contributed by atoms with Gasteiger partial charge in [-0.05, 0) is 13.8 Å². The van der Waals surface area contributed by atoms with E-state index >= 15 is 0 Å². The van der Waals surface area contributed by atoms with Crippen LogP contribution in [0.15, 0.2) is 0 Å². The summed E-state index contributed by atoms with van der Waals surface area (Å²) in [5.41, 5.74) is 0. The number of rotatable bonds is 0. The predicted octanol–water partition coefficient (Wildman–Crippen LogP) is 0.341. The van der Waals surface area contributed by atoms with Crippen molar-refractivity contribution in [2.75, 3.05) is 13.2 Å². The number of ether oxygens (including phenoxy) is 3. The first kappa shape index (κ1) is 8.49. The fourth-order valence-corrected chi connectivity index (χ4v) is 2.47. The van der Waals surface area contributed by atoms with Crippen molar-refractivity contribution in [1.82, 2.24) is 4.90 Å². The van der Waals surface area contributed by atoms with Gasteiger partial charge in [-0.3, -0.25) is 4.90 Å². The minimum atomic E-state index is -0.521. The Bertz CT molecular complexity index is 291. The molecule has 0 aliphatic carbocycles. The van der Waals surface area contributed by atoms with Crippen molar-refractivity contribution in [2.45, 2.75) is 37.9 Å². The summed E-state index contributed by atoms with van der Waals surface area (Å²) in [5.74, 6) is -0.521. The smallest absolute Gasteiger partial charge is 0.410 e. The van der Waals surface area contributed by atoms with Crippen LogP contribution in [-0.4, -0.2) is 48.2 Å². The Hall–Kier alpha value is -0.810. The molecule has 0 unspecified atom stereocenters. The number of fused-ring (bicyclic) bond motifs is 3. The molecule has 3 atom stereocenters. The molecule has 3 heterocycles. The maximum absolute atomic E-state index is 11.2. The highest BCUT2D eigenvalue weighted by molar-refractivity contribution is 5.71. The molecule has 14 heavy (non-hydrogen) atoms. The summed E-state index contributed by atoms with van der Waals surface area (Å²) in [5, 5.41) is 0. The van der Waals surface area contributed by atoms with E-state index < -0.39 is 5.79 Å². The van der Waals surface area contributed by atoms with E-state index in [1.807, 2.05) is 13.8 Å². The first-order chi connectivity index (χ1) is 6.57. The van der Waals surface area contributed by atoms with Crippen LogP contribution in [0.5, 0.6) is 0 Å². The molecule has 1 amide bonds. The Morgan fingerprint density at radius 1 is 1.43 bits per heavy atom. The van der Waals surface area contributed by atoms with E-state index in [4.69, 9.17) is 14.2 Å².